The SMILES string of the molecule is Nc1ccc2c(O)cc(S)cc2c1N=Nc1cccc(S)c1. The molecular formula is C16H13N3OS2. The zero-order valence-electron chi connectivity index (χ0n) is 11.4. The maximum absolute atomic E-state index is 10.0. The van der Waals surface area contributed by atoms with Gasteiger partial charge in [0.1, 0.15) is 11.4 Å². The molecule has 3 aromatic carbocycles. The predicted molar refractivity (Wildman–Crippen MR) is 95.1 cm³/mol. The third-order valence-electron chi connectivity index (χ3n) is 3.20. The first-order chi connectivity index (χ1) is 10.5. The fraction of sp³-hybridized carbons (Fsp3) is 0. The number of anilines is 1. The van der Waals surface area contributed by atoms with Gasteiger partial charge in [-0.25, -0.2) is 0 Å². The minimum Gasteiger partial charge on any atom is -0.507 e. The highest BCUT2D eigenvalue weighted by Crippen LogP contribution is 2.38. The van der Waals surface area contributed by atoms with Crippen molar-refractivity contribution in [3.63, 3.8) is 0 Å². The Balaban J connectivity index is 2.16. The lowest BCUT2D eigenvalue weighted by molar-refractivity contribution is 0.480. The average Bonchev–Trinajstić information content (AvgIpc) is 2.46. The van der Waals surface area contributed by atoms with Crippen LogP contribution in [0.25, 0.3) is 10.8 Å². The fourth-order valence-electron chi connectivity index (χ4n) is 2.18. The number of nitrogen functional groups attached to an aromatic ring is 1. The number of phenolic OH excluding ortho intramolecular Hbond substituents is 1. The first kappa shape index (κ1) is 14.7. The lowest BCUT2D eigenvalue weighted by atomic mass is 10.1. The first-order valence-electron chi connectivity index (χ1n) is 6.49. The summed E-state index contributed by atoms with van der Waals surface area (Å²) >= 11 is 8.55. The number of rotatable bonds is 2. The molecule has 22 heavy (non-hydrogen) atoms. The van der Waals surface area contributed by atoms with Gasteiger partial charge in [0.25, 0.3) is 0 Å². The molecule has 3 aromatic rings. The van der Waals surface area contributed by atoms with Gasteiger partial charge in [0.15, 0.2) is 0 Å². The molecule has 0 heterocycles. The van der Waals surface area contributed by atoms with E-state index in [1.54, 1.807) is 30.3 Å². The summed E-state index contributed by atoms with van der Waals surface area (Å²) in [6.45, 7) is 0. The highest BCUT2D eigenvalue weighted by molar-refractivity contribution is 7.80. The molecule has 6 heteroatoms. The molecule has 0 fully saturated rings. The molecule has 0 aliphatic rings. The molecule has 0 aliphatic heterocycles. The van der Waals surface area contributed by atoms with Gasteiger partial charge in [0, 0.05) is 20.6 Å². The van der Waals surface area contributed by atoms with E-state index < -0.39 is 0 Å². The van der Waals surface area contributed by atoms with Crippen molar-refractivity contribution in [2.24, 2.45) is 10.2 Å². The van der Waals surface area contributed by atoms with Crippen molar-refractivity contribution in [1.82, 2.24) is 0 Å². The molecule has 0 radical (unpaired) electrons. The van der Waals surface area contributed by atoms with Crippen LogP contribution in [0.2, 0.25) is 0 Å². The summed E-state index contributed by atoms with van der Waals surface area (Å²) in [5, 5.41) is 19.8. The Hall–Kier alpha value is -2.18. The minimum atomic E-state index is 0.135. The summed E-state index contributed by atoms with van der Waals surface area (Å²) in [5.41, 5.74) is 7.67. The molecule has 3 rings (SSSR count). The Labute approximate surface area is 138 Å². The Morgan fingerprint density at radius 1 is 0.864 bits per heavy atom. The van der Waals surface area contributed by atoms with Gasteiger partial charge in [0.05, 0.1) is 11.4 Å². The van der Waals surface area contributed by atoms with Crippen LogP contribution in [0.1, 0.15) is 0 Å². The molecular weight excluding hydrogens is 314 g/mol. The van der Waals surface area contributed by atoms with Crippen molar-refractivity contribution in [1.29, 1.82) is 0 Å². The predicted octanol–water partition coefficient (Wildman–Crippen LogP) is 5.12. The molecule has 0 bridgehead atoms. The van der Waals surface area contributed by atoms with Crippen LogP contribution in [0, 0.1) is 0 Å². The van der Waals surface area contributed by atoms with Gasteiger partial charge in [-0.1, -0.05) is 6.07 Å². The number of azo groups is 1. The number of nitrogens with two attached hydrogens (primary N) is 1. The first-order valence-corrected chi connectivity index (χ1v) is 7.39. The second-order valence-electron chi connectivity index (χ2n) is 4.78. The van der Waals surface area contributed by atoms with Crippen LogP contribution >= 0.6 is 25.3 Å². The van der Waals surface area contributed by atoms with Crippen LogP contribution in [0.3, 0.4) is 0 Å². The smallest absolute Gasteiger partial charge is 0.124 e. The second kappa shape index (κ2) is 5.90. The third kappa shape index (κ3) is 2.88. The number of aromatic hydroxyl groups is 1. The quantitative estimate of drug-likeness (QED) is 0.300. The number of hydrogen-bond acceptors (Lipinski definition) is 6. The third-order valence-corrected chi connectivity index (χ3v) is 3.73. The van der Waals surface area contributed by atoms with E-state index in [1.807, 2.05) is 18.2 Å². The summed E-state index contributed by atoms with van der Waals surface area (Å²) in [7, 11) is 0. The van der Waals surface area contributed by atoms with Crippen molar-refractivity contribution in [2.45, 2.75) is 9.79 Å². The normalized spacial score (nSPS) is 11.4. The molecule has 0 amide bonds. The Kier molecular flexibility index (Phi) is 3.96. The number of phenols is 1. The maximum atomic E-state index is 10.0. The van der Waals surface area contributed by atoms with E-state index in [-0.39, 0.29) is 5.75 Å². The molecule has 0 saturated heterocycles. The lowest BCUT2D eigenvalue weighted by Crippen LogP contribution is -1.87. The zero-order valence-corrected chi connectivity index (χ0v) is 13.2. The number of thiol groups is 2. The largest absolute Gasteiger partial charge is 0.507 e. The average molecular weight is 327 g/mol. The topological polar surface area (TPSA) is 71.0 Å². The van der Waals surface area contributed by atoms with Crippen LogP contribution < -0.4 is 5.73 Å². The Morgan fingerprint density at radius 3 is 2.45 bits per heavy atom. The van der Waals surface area contributed by atoms with Gasteiger partial charge in [0.2, 0.25) is 0 Å². The van der Waals surface area contributed by atoms with Crippen LogP contribution in [-0.4, -0.2) is 5.11 Å². The monoisotopic (exact) mass is 327 g/mol. The van der Waals surface area contributed by atoms with E-state index in [4.69, 9.17) is 5.73 Å². The van der Waals surface area contributed by atoms with E-state index in [0.717, 1.165) is 4.90 Å². The molecule has 0 aliphatic carbocycles. The number of fused-ring (bicyclic) bond motifs is 1. The van der Waals surface area contributed by atoms with E-state index in [2.05, 4.69) is 35.5 Å². The standard InChI is InChI=1S/C16H13N3OS2/c17-14-5-4-12-13(7-11(22)8-15(12)20)16(14)19-18-9-2-1-3-10(21)6-9/h1-8,20-22H,17H2. The van der Waals surface area contributed by atoms with Gasteiger partial charge >= 0.3 is 0 Å². The molecule has 3 N–H and O–H groups in total. The van der Waals surface area contributed by atoms with Gasteiger partial charge in [-0.2, -0.15) is 5.11 Å². The molecule has 0 unspecified atom stereocenters. The van der Waals surface area contributed by atoms with Gasteiger partial charge in [-0.3, -0.25) is 0 Å². The van der Waals surface area contributed by atoms with Crippen molar-refractivity contribution < 1.29 is 5.11 Å². The van der Waals surface area contributed by atoms with Crippen molar-refractivity contribution in [2.75, 3.05) is 5.73 Å². The number of hydrogen-bond donors (Lipinski definition) is 4. The summed E-state index contributed by atoms with van der Waals surface area (Å²) in [5.74, 6) is 0.135. The van der Waals surface area contributed by atoms with E-state index in [1.165, 1.54) is 0 Å². The van der Waals surface area contributed by atoms with Crippen molar-refractivity contribution in [3.8, 4) is 5.75 Å². The van der Waals surface area contributed by atoms with Crippen LogP contribution in [0.4, 0.5) is 17.1 Å². The molecule has 4 nitrogen and oxygen atoms in total. The molecule has 0 aromatic heterocycles. The molecule has 0 saturated carbocycles. The molecule has 110 valence electrons. The van der Waals surface area contributed by atoms with Gasteiger partial charge < -0.3 is 10.8 Å². The summed E-state index contributed by atoms with van der Waals surface area (Å²) in [4.78, 5) is 1.43. The van der Waals surface area contributed by atoms with Crippen LogP contribution in [0.15, 0.2) is 68.6 Å². The number of benzene rings is 3. The highest BCUT2D eigenvalue weighted by Gasteiger charge is 2.09. The maximum Gasteiger partial charge on any atom is 0.124 e. The minimum absolute atomic E-state index is 0.135. The van der Waals surface area contributed by atoms with Crippen molar-refractivity contribution in [3.05, 3.63) is 48.5 Å². The molecule has 0 atom stereocenters. The summed E-state index contributed by atoms with van der Waals surface area (Å²) in [6, 6.07) is 14.2. The van der Waals surface area contributed by atoms with Crippen molar-refractivity contribution >= 4 is 53.1 Å². The van der Waals surface area contributed by atoms with E-state index in [0.29, 0.717) is 32.7 Å². The van der Waals surface area contributed by atoms with Crippen LogP contribution in [-0.2, 0) is 0 Å². The van der Waals surface area contributed by atoms with E-state index >= 15 is 0 Å². The second-order valence-corrected chi connectivity index (χ2v) is 5.82. The summed E-state index contributed by atoms with van der Waals surface area (Å²) < 4.78 is 0. The number of nitrogens with zero attached hydrogens (tertiary/aromatic N) is 2. The van der Waals surface area contributed by atoms with E-state index in [9.17, 15) is 5.11 Å². The van der Waals surface area contributed by atoms with Gasteiger partial charge in [-0.15, -0.1) is 30.4 Å². The Morgan fingerprint density at radius 2 is 1.68 bits per heavy atom. The molecule has 0 spiro atoms. The summed E-state index contributed by atoms with van der Waals surface area (Å²) in [6.07, 6.45) is 0. The lowest BCUT2D eigenvalue weighted by Gasteiger charge is -2.07. The fourth-order valence-corrected chi connectivity index (χ4v) is 2.65. The highest BCUT2D eigenvalue weighted by atomic mass is 32.1. The zero-order chi connectivity index (χ0) is 15.7. The van der Waals surface area contributed by atoms with Gasteiger partial charge in [-0.05, 0) is 42.5 Å². The van der Waals surface area contributed by atoms with Crippen LogP contribution in [0.5, 0.6) is 5.75 Å². The Bertz CT molecular complexity index is 894.